The maximum atomic E-state index is 13.0. The van der Waals surface area contributed by atoms with Gasteiger partial charge in [0.05, 0.1) is 21.3 Å². The minimum atomic E-state index is -3.22. The molecule has 0 aromatic carbocycles. The fourth-order valence-electron chi connectivity index (χ4n) is 8.45. The second kappa shape index (κ2) is 9.54. The molecule has 0 aliphatic heterocycles. The number of aromatic nitrogens is 2. The predicted octanol–water partition coefficient (Wildman–Crippen LogP) is 3.56. The summed E-state index contributed by atoms with van der Waals surface area (Å²) in [7, 11) is -6.23. The fraction of sp³-hybridized carbons (Fsp3) is 0.857. The molecule has 1 N–H and O–H groups in total. The fourth-order valence-corrected chi connectivity index (χ4v) is 12.9. The summed E-state index contributed by atoms with van der Waals surface area (Å²) >= 11 is 0. The summed E-state index contributed by atoms with van der Waals surface area (Å²) in [5.41, 5.74) is 0.773. The van der Waals surface area contributed by atoms with E-state index in [9.17, 15) is 16.8 Å². The van der Waals surface area contributed by atoms with Crippen molar-refractivity contribution in [2.75, 3.05) is 0 Å². The van der Waals surface area contributed by atoms with Gasteiger partial charge in [-0.15, -0.1) is 0 Å². The molecule has 0 radical (unpaired) electrons. The zero-order valence-corrected chi connectivity index (χ0v) is 24.5. The number of sulfone groups is 1. The molecule has 6 aliphatic carbocycles. The molecular weight excluding hydrogens is 538 g/mol. The van der Waals surface area contributed by atoms with Crippen LogP contribution in [0.15, 0.2) is 6.33 Å². The van der Waals surface area contributed by atoms with Gasteiger partial charge < -0.3 is 9.47 Å². The number of nitrogens with zero attached hydrogens (tertiary/aromatic N) is 2. The Bertz CT molecular complexity index is 1310. The molecule has 9 nitrogen and oxygen atoms in total. The van der Waals surface area contributed by atoms with E-state index in [1.807, 2.05) is 6.92 Å². The van der Waals surface area contributed by atoms with E-state index in [1.165, 1.54) is 6.33 Å². The number of hydrogen-bond acceptors (Lipinski definition) is 8. The molecule has 0 spiro atoms. The van der Waals surface area contributed by atoms with Crippen LogP contribution in [-0.2, 0) is 19.9 Å². The Morgan fingerprint density at radius 3 is 1.90 bits per heavy atom. The van der Waals surface area contributed by atoms with E-state index in [2.05, 4.69) is 21.6 Å². The summed E-state index contributed by atoms with van der Waals surface area (Å²) in [6.07, 6.45) is 10.7. The van der Waals surface area contributed by atoms with Crippen molar-refractivity contribution >= 4 is 19.9 Å². The zero-order chi connectivity index (χ0) is 27.1. The van der Waals surface area contributed by atoms with E-state index >= 15 is 0 Å². The van der Waals surface area contributed by atoms with E-state index in [0.717, 1.165) is 76.2 Å². The minimum Gasteiger partial charge on any atom is -0.474 e. The van der Waals surface area contributed by atoms with Gasteiger partial charge in [0.25, 0.3) is 0 Å². The van der Waals surface area contributed by atoms with Gasteiger partial charge in [-0.1, -0.05) is 6.92 Å². The molecule has 6 fully saturated rings. The highest BCUT2D eigenvalue weighted by Crippen LogP contribution is 2.51. The number of ether oxygens (including phenoxy) is 2. The highest BCUT2D eigenvalue weighted by molar-refractivity contribution is 7.93. The van der Waals surface area contributed by atoms with Gasteiger partial charge in [0.1, 0.15) is 18.5 Å². The maximum absolute atomic E-state index is 13.0. The zero-order valence-electron chi connectivity index (χ0n) is 22.9. The average molecular weight is 580 g/mol. The average Bonchev–Trinajstić information content (AvgIpc) is 3.78. The number of sulfonamides is 1. The molecule has 6 saturated carbocycles. The number of nitrogens with one attached hydrogen (secondary N) is 1. The normalized spacial score (nSPS) is 40.0. The van der Waals surface area contributed by atoms with Gasteiger partial charge >= 0.3 is 0 Å². The van der Waals surface area contributed by atoms with E-state index in [1.54, 1.807) is 0 Å². The lowest BCUT2D eigenvalue weighted by Gasteiger charge is -2.36. The third kappa shape index (κ3) is 4.88. The van der Waals surface area contributed by atoms with Gasteiger partial charge in [-0.2, -0.15) is 0 Å². The van der Waals surface area contributed by atoms with Crippen LogP contribution in [0.1, 0.15) is 83.1 Å². The largest absolute Gasteiger partial charge is 0.474 e. The second-order valence-corrected chi connectivity index (χ2v) is 17.8. The lowest BCUT2D eigenvalue weighted by molar-refractivity contribution is 0.0883. The number of hydrogen-bond donors (Lipinski definition) is 1. The molecule has 1 aromatic heterocycles. The Hall–Kier alpha value is -1.46. The standard InChI is InChI=1S/C28H41N3O6S2/c1-15-9-19-12-21(13-24(15)25(19)31-39(34,35)23-7-8-23)37-28-16(2)27(29-14-30-28)36-20-10-17-3-4-18(11-20)26(17)38(32,33)22-5-6-22/h14-15,17-26,31H,3-13H2,1-2H3/t15-,17+,18+,19-,20?,21-,24+,25?,26?/m1/s1. The summed E-state index contributed by atoms with van der Waals surface area (Å²) in [5.74, 6) is 2.40. The molecule has 11 heteroatoms. The molecule has 7 rings (SSSR count). The van der Waals surface area contributed by atoms with E-state index in [4.69, 9.17) is 9.47 Å². The van der Waals surface area contributed by atoms with Crippen LogP contribution in [0.5, 0.6) is 11.8 Å². The summed E-state index contributed by atoms with van der Waals surface area (Å²) in [6, 6.07) is 0.00469. The number of rotatable bonds is 9. The Balaban J connectivity index is 1.00. The van der Waals surface area contributed by atoms with Crippen LogP contribution >= 0.6 is 0 Å². The van der Waals surface area contributed by atoms with Gasteiger partial charge in [-0.3, -0.25) is 0 Å². The van der Waals surface area contributed by atoms with Crippen molar-refractivity contribution < 1.29 is 26.3 Å². The molecule has 6 aliphatic rings. The monoisotopic (exact) mass is 579 g/mol. The van der Waals surface area contributed by atoms with Gasteiger partial charge in [-0.25, -0.2) is 31.5 Å². The van der Waals surface area contributed by atoms with Gasteiger partial charge in [0.15, 0.2) is 9.84 Å². The van der Waals surface area contributed by atoms with E-state index < -0.39 is 19.9 Å². The van der Waals surface area contributed by atoms with Crippen molar-refractivity contribution in [3.63, 3.8) is 0 Å². The van der Waals surface area contributed by atoms with E-state index in [0.29, 0.717) is 17.7 Å². The molecule has 216 valence electrons. The molecule has 1 unspecified atom stereocenters. The van der Waals surface area contributed by atoms with Crippen molar-refractivity contribution in [1.82, 2.24) is 14.7 Å². The van der Waals surface area contributed by atoms with Crippen LogP contribution < -0.4 is 14.2 Å². The summed E-state index contributed by atoms with van der Waals surface area (Å²) in [4.78, 5) is 8.86. The van der Waals surface area contributed by atoms with Crippen LogP contribution in [0.2, 0.25) is 0 Å². The van der Waals surface area contributed by atoms with Gasteiger partial charge in [-0.05, 0) is 107 Å². The minimum absolute atomic E-state index is 0.00469. The highest BCUT2D eigenvalue weighted by Gasteiger charge is 2.54. The first-order chi connectivity index (χ1) is 18.6. The smallest absolute Gasteiger partial charge is 0.223 e. The van der Waals surface area contributed by atoms with E-state index in [-0.39, 0.29) is 57.7 Å². The molecule has 0 amide bonds. The highest BCUT2D eigenvalue weighted by atomic mass is 32.2. The first kappa shape index (κ1) is 26.4. The molecule has 39 heavy (non-hydrogen) atoms. The third-order valence-electron chi connectivity index (χ3n) is 10.6. The molecular formula is C28H41N3O6S2. The summed E-state index contributed by atoms with van der Waals surface area (Å²) < 4.78 is 67.3. The van der Waals surface area contributed by atoms with Crippen LogP contribution in [0, 0.1) is 36.5 Å². The maximum Gasteiger partial charge on any atom is 0.223 e. The number of fused-ring (bicyclic) bond motifs is 4. The Kier molecular flexibility index (Phi) is 6.47. The van der Waals surface area contributed by atoms with Crippen LogP contribution in [0.3, 0.4) is 0 Å². The lowest BCUT2D eigenvalue weighted by Crippen LogP contribution is -2.48. The van der Waals surface area contributed by atoms with Crippen LogP contribution in [-0.4, -0.2) is 60.8 Å². The van der Waals surface area contributed by atoms with Crippen molar-refractivity contribution in [3.8, 4) is 11.8 Å². The molecule has 7 atom stereocenters. The predicted molar refractivity (Wildman–Crippen MR) is 146 cm³/mol. The van der Waals surface area contributed by atoms with Crippen molar-refractivity contribution in [2.24, 2.45) is 29.6 Å². The molecule has 1 aromatic rings. The summed E-state index contributed by atoms with van der Waals surface area (Å²) in [5, 5.41) is -0.480. The van der Waals surface area contributed by atoms with Gasteiger partial charge in [0.2, 0.25) is 21.8 Å². The third-order valence-corrected chi connectivity index (χ3v) is 15.5. The van der Waals surface area contributed by atoms with Crippen molar-refractivity contribution in [1.29, 1.82) is 0 Å². The Labute approximate surface area is 232 Å². The topological polar surface area (TPSA) is 125 Å². The molecule has 1 heterocycles. The van der Waals surface area contributed by atoms with Crippen LogP contribution in [0.4, 0.5) is 0 Å². The Morgan fingerprint density at radius 2 is 1.33 bits per heavy atom. The quantitative estimate of drug-likeness (QED) is 0.471. The Morgan fingerprint density at radius 1 is 0.769 bits per heavy atom. The first-order valence-electron chi connectivity index (χ1n) is 15.0. The lowest BCUT2D eigenvalue weighted by atomic mass is 9.81. The first-order valence-corrected chi connectivity index (χ1v) is 18.1. The molecule has 4 bridgehead atoms. The molecule has 0 saturated heterocycles. The SMILES string of the molecule is Cc1c(OC2C[C@@H]3CC[C@@H](C2)C3S(=O)(=O)C2CC2)ncnc1O[C@@H]1C[C@H]2C[C@@H](C)[C@H](C1)C2NS(=O)(=O)C1CC1. The van der Waals surface area contributed by atoms with Gasteiger partial charge in [0, 0.05) is 6.04 Å². The second-order valence-electron chi connectivity index (χ2n) is 13.4. The van der Waals surface area contributed by atoms with Crippen molar-refractivity contribution in [2.45, 2.75) is 118 Å². The summed E-state index contributed by atoms with van der Waals surface area (Å²) in [6.45, 7) is 4.15. The van der Waals surface area contributed by atoms with Crippen molar-refractivity contribution in [3.05, 3.63) is 11.9 Å². The van der Waals surface area contributed by atoms with Crippen LogP contribution in [0.25, 0.3) is 0 Å².